The average Bonchev–Trinajstić information content (AvgIpc) is 3.26. The second-order valence-corrected chi connectivity index (χ2v) is 8.95. The Morgan fingerprint density at radius 3 is 2.63 bits per heavy atom. The number of aliphatic carboxylic acids is 1. The van der Waals surface area contributed by atoms with Crippen LogP contribution >= 0.6 is 0 Å². The van der Waals surface area contributed by atoms with Gasteiger partial charge in [-0.05, 0) is 37.5 Å². The van der Waals surface area contributed by atoms with Gasteiger partial charge in [0.15, 0.2) is 0 Å². The molecular weight excluding hydrogens is 372 g/mol. The van der Waals surface area contributed by atoms with Crippen molar-refractivity contribution in [3.8, 4) is 0 Å². The third-order valence-corrected chi connectivity index (χ3v) is 6.57. The molecule has 0 spiro atoms. The van der Waals surface area contributed by atoms with Crippen molar-refractivity contribution in [2.24, 2.45) is 0 Å². The number of sulfonamides is 1. The van der Waals surface area contributed by atoms with E-state index in [9.17, 15) is 18.0 Å². The number of hydrogen-bond donors (Lipinski definition) is 3. The van der Waals surface area contributed by atoms with Crippen molar-refractivity contribution in [2.75, 3.05) is 13.2 Å². The number of carbonyl (C=O) groups excluding carboxylic acids is 1. The highest BCUT2D eigenvalue weighted by Gasteiger charge is 2.39. The van der Waals surface area contributed by atoms with Crippen molar-refractivity contribution in [3.05, 3.63) is 29.8 Å². The fourth-order valence-electron chi connectivity index (χ4n) is 3.63. The van der Waals surface area contributed by atoms with Crippen molar-refractivity contribution in [3.63, 3.8) is 0 Å². The van der Waals surface area contributed by atoms with E-state index in [1.807, 2.05) is 0 Å². The smallest absolute Gasteiger partial charge is 0.305 e. The number of carboxylic acids is 1. The summed E-state index contributed by atoms with van der Waals surface area (Å²) in [6.07, 6.45) is 3.78. The molecule has 9 heteroatoms. The number of ether oxygens (including phenoxy) is 1. The average molecular weight is 396 g/mol. The number of carbonyl (C=O) groups is 2. The van der Waals surface area contributed by atoms with Crippen molar-refractivity contribution in [1.82, 2.24) is 10.0 Å². The fourth-order valence-corrected chi connectivity index (χ4v) is 4.98. The molecule has 27 heavy (non-hydrogen) atoms. The van der Waals surface area contributed by atoms with E-state index < -0.39 is 27.4 Å². The molecule has 0 radical (unpaired) electrons. The van der Waals surface area contributed by atoms with Gasteiger partial charge in [0.1, 0.15) is 0 Å². The summed E-state index contributed by atoms with van der Waals surface area (Å²) in [4.78, 5) is 23.8. The van der Waals surface area contributed by atoms with Crippen LogP contribution in [0.1, 0.15) is 48.9 Å². The van der Waals surface area contributed by atoms with Crippen LogP contribution in [0, 0.1) is 0 Å². The molecule has 1 unspecified atom stereocenters. The van der Waals surface area contributed by atoms with Crippen LogP contribution in [0.25, 0.3) is 0 Å². The first-order valence-electron chi connectivity index (χ1n) is 9.04. The molecule has 1 aliphatic carbocycles. The number of amides is 1. The monoisotopic (exact) mass is 396 g/mol. The molecule has 148 valence electrons. The van der Waals surface area contributed by atoms with E-state index in [2.05, 4.69) is 10.0 Å². The molecule has 1 aromatic rings. The van der Waals surface area contributed by atoms with Crippen LogP contribution in [0.3, 0.4) is 0 Å². The zero-order valence-corrected chi connectivity index (χ0v) is 15.8. The first-order valence-corrected chi connectivity index (χ1v) is 10.5. The molecule has 1 atom stereocenters. The van der Waals surface area contributed by atoms with Gasteiger partial charge in [-0.15, -0.1) is 0 Å². The second-order valence-electron chi connectivity index (χ2n) is 7.24. The minimum atomic E-state index is -3.71. The van der Waals surface area contributed by atoms with Crippen LogP contribution in [0.2, 0.25) is 0 Å². The van der Waals surface area contributed by atoms with Gasteiger partial charge in [0.2, 0.25) is 10.0 Å². The highest BCUT2D eigenvalue weighted by atomic mass is 32.2. The maximum absolute atomic E-state index is 12.6. The summed E-state index contributed by atoms with van der Waals surface area (Å²) < 4.78 is 33.1. The summed E-state index contributed by atoms with van der Waals surface area (Å²) in [5, 5.41) is 11.8. The molecule has 1 saturated heterocycles. The van der Waals surface area contributed by atoms with Gasteiger partial charge >= 0.3 is 5.97 Å². The molecule has 2 fully saturated rings. The van der Waals surface area contributed by atoms with Gasteiger partial charge in [-0.1, -0.05) is 18.9 Å². The second kappa shape index (κ2) is 7.95. The molecule has 0 bridgehead atoms. The van der Waals surface area contributed by atoms with Crippen LogP contribution in [0.5, 0.6) is 0 Å². The van der Waals surface area contributed by atoms with Gasteiger partial charge in [0, 0.05) is 18.2 Å². The Hall–Kier alpha value is -1.97. The highest BCUT2D eigenvalue weighted by Crippen LogP contribution is 2.24. The Balaban J connectivity index is 1.76. The molecule has 3 rings (SSSR count). The van der Waals surface area contributed by atoms with Crippen molar-refractivity contribution >= 4 is 21.9 Å². The summed E-state index contributed by atoms with van der Waals surface area (Å²) in [5.74, 6) is -1.54. The first kappa shape index (κ1) is 19.8. The molecule has 8 nitrogen and oxygen atoms in total. The zero-order chi connectivity index (χ0) is 19.5. The summed E-state index contributed by atoms with van der Waals surface area (Å²) in [5.41, 5.74) is -0.805. The molecule has 1 heterocycles. The third kappa shape index (κ3) is 4.85. The van der Waals surface area contributed by atoms with Crippen LogP contribution in [-0.2, 0) is 19.6 Å². The Bertz CT molecular complexity index is 811. The lowest BCUT2D eigenvalue weighted by Crippen LogP contribution is -2.50. The molecule has 3 N–H and O–H groups in total. The first-order chi connectivity index (χ1) is 12.8. The lowest BCUT2D eigenvalue weighted by molar-refractivity contribution is -0.138. The largest absolute Gasteiger partial charge is 0.481 e. The Morgan fingerprint density at radius 2 is 2.00 bits per heavy atom. The fraction of sp³-hybridized carbons (Fsp3) is 0.556. The quantitative estimate of drug-likeness (QED) is 0.638. The molecular formula is C18H24N2O6S. The number of nitrogens with one attached hydrogen (secondary N) is 2. The zero-order valence-electron chi connectivity index (χ0n) is 14.9. The standard InChI is InChI=1S/C18H24N2O6S/c21-16(22)11-18(8-9-26-12-18)19-17(23)13-4-3-7-15(10-13)27(24,25)20-14-5-1-2-6-14/h3-4,7,10,14,20H,1-2,5-6,8-9,11-12H2,(H,19,23)(H,21,22). The third-order valence-electron chi connectivity index (χ3n) is 5.06. The highest BCUT2D eigenvalue weighted by molar-refractivity contribution is 7.89. The summed E-state index contributed by atoms with van der Waals surface area (Å²) in [6.45, 7) is 0.486. The van der Waals surface area contributed by atoms with Gasteiger partial charge in [-0.25, -0.2) is 13.1 Å². The van der Waals surface area contributed by atoms with E-state index in [0.717, 1.165) is 25.7 Å². The molecule has 0 aromatic heterocycles. The summed E-state index contributed by atoms with van der Waals surface area (Å²) in [7, 11) is -3.71. The number of rotatable bonds is 7. The minimum Gasteiger partial charge on any atom is -0.481 e. The van der Waals surface area contributed by atoms with Gasteiger partial charge in [-0.3, -0.25) is 9.59 Å². The van der Waals surface area contributed by atoms with Gasteiger partial charge in [0.25, 0.3) is 5.91 Å². The molecule has 1 saturated carbocycles. The van der Waals surface area contributed by atoms with Crippen LogP contribution in [0.15, 0.2) is 29.2 Å². The topological polar surface area (TPSA) is 122 Å². The van der Waals surface area contributed by atoms with E-state index in [1.54, 1.807) is 0 Å². The van der Waals surface area contributed by atoms with Gasteiger partial charge < -0.3 is 15.2 Å². The Morgan fingerprint density at radius 1 is 1.26 bits per heavy atom. The maximum Gasteiger partial charge on any atom is 0.305 e. The van der Waals surface area contributed by atoms with E-state index in [1.165, 1.54) is 24.3 Å². The van der Waals surface area contributed by atoms with Crippen molar-refractivity contribution in [2.45, 2.75) is 55.0 Å². The molecule has 1 aliphatic heterocycles. The van der Waals surface area contributed by atoms with E-state index in [-0.39, 0.29) is 29.5 Å². The SMILES string of the molecule is O=C(O)CC1(NC(=O)c2cccc(S(=O)(=O)NC3CCCC3)c2)CCOC1. The van der Waals surface area contributed by atoms with Crippen molar-refractivity contribution in [1.29, 1.82) is 0 Å². The minimum absolute atomic E-state index is 0.0250. The maximum atomic E-state index is 12.6. The van der Waals surface area contributed by atoms with Crippen molar-refractivity contribution < 1.29 is 27.9 Å². The summed E-state index contributed by atoms with van der Waals surface area (Å²) >= 11 is 0. The molecule has 2 aliphatic rings. The van der Waals surface area contributed by atoms with Gasteiger partial charge in [0.05, 0.1) is 23.5 Å². The number of benzene rings is 1. The Labute approximate surface area is 158 Å². The molecule has 1 amide bonds. The predicted molar refractivity (Wildman–Crippen MR) is 96.9 cm³/mol. The van der Waals surface area contributed by atoms with E-state index in [0.29, 0.717) is 13.0 Å². The Kier molecular flexibility index (Phi) is 5.83. The van der Waals surface area contributed by atoms with Gasteiger partial charge in [-0.2, -0.15) is 0 Å². The predicted octanol–water partition coefficient (Wildman–Crippen LogP) is 1.27. The lowest BCUT2D eigenvalue weighted by atomic mass is 9.94. The number of carboxylic acid groups (broad SMARTS) is 1. The lowest BCUT2D eigenvalue weighted by Gasteiger charge is -2.27. The van der Waals surface area contributed by atoms with Crippen LogP contribution in [-0.4, -0.2) is 50.2 Å². The van der Waals surface area contributed by atoms with E-state index >= 15 is 0 Å². The molecule has 1 aromatic carbocycles. The normalized spacial score (nSPS) is 23.4. The van der Waals surface area contributed by atoms with Crippen LogP contribution < -0.4 is 10.0 Å². The van der Waals surface area contributed by atoms with E-state index in [4.69, 9.17) is 9.84 Å². The summed E-state index contributed by atoms with van der Waals surface area (Å²) in [6, 6.07) is 5.71. The van der Waals surface area contributed by atoms with Crippen LogP contribution in [0.4, 0.5) is 0 Å². The number of hydrogen-bond acceptors (Lipinski definition) is 5.